The van der Waals surface area contributed by atoms with E-state index in [1.807, 2.05) is 0 Å². The summed E-state index contributed by atoms with van der Waals surface area (Å²) < 4.78 is 0.840. The fraction of sp³-hybridized carbons (Fsp3) is 0.294. The van der Waals surface area contributed by atoms with Gasteiger partial charge in [-0.25, -0.2) is 0 Å². The Morgan fingerprint density at radius 1 is 1.21 bits per heavy atom. The van der Waals surface area contributed by atoms with Crippen LogP contribution in [-0.2, 0) is 0 Å². The molecule has 1 aromatic carbocycles. The summed E-state index contributed by atoms with van der Waals surface area (Å²) >= 11 is 3.45. The van der Waals surface area contributed by atoms with Crippen molar-refractivity contribution in [2.75, 3.05) is 6.54 Å². The van der Waals surface area contributed by atoms with Crippen LogP contribution < -0.4 is 0 Å². The van der Waals surface area contributed by atoms with Crippen LogP contribution in [0.2, 0.25) is 0 Å². The number of allylic oxidation sites excluding steroid dienone is 1. The summed E-state index contributed by atoms with van der Waals surface area (Å²) in [6, 6.07) is 8.38. The summed E-state index contributed by atoms with van der Waals surface area (Å²) in [4.78, 5) is 2.07. The first-order valence-corrected chi connectivity index (χ1v) is 7.45. The molecule has 0 saturated heterocycles. The van der Waals surface area contributed by atoms with E-state index in [1.54, 1.807) is 0 Å². The minimum Gasteiger partial charge on any atom is -0.337 e. The highest BCUT2D eigenvalue weighted by molar-refractivity contribution is 9.11. The van der Waals surface area contributed by atoms with E-state index in [2.05, 4.69) is 71.8 Å². The molecule has 0 radical (unpaired) electrons. The molecule has 1 aliphatic rings. The van der Waals surface area contributed by atoms with Crippen molar-refractivity contribution in [2.24, 2.45) is 5.92 Å². The minimum atomic E-state index is 0.663. The fourth-order valence-corrected chi connectivity index (χ4v) is 2.79. The van der Waals surface area contributed by atoms with Crippen molar-refractivity contribution in [3.8, 4) is 0 Å². The van der Waals surface area contributed by atoms with Gasteiger partial charge in [0.05, 0.1) is 4.61 Å². The molecule has 2 rings (SSSR count). The second-order valence-corrected chi connectivity index (χ2v) is 5.83. The van der Waals surface area contributed by atoms with Gasteiger partial charge in [-0.05, 0) is 52.7 Å². The second kappa shape index (κ2) is 5.79. The lowest BCUT2D eigenvalue weighted by atomic mass is 9.95. The lowest BCUT2D eigenvalue weighted by Crippen LogP contribution is -2.17. The van der Waals surface area contributed by atoms with Gasteiger partial charge in [0.1, 0.15) is 0 Å². The van der Waals surface area contributed by atoms with E-state index in [0.29, 0.717) is 5.92 Å². The molecule has 1 saturated carbocycles. The number of hydrogen-bond acceptors (Lipinski definition) is 1. The zero-order valence-corrected chi connectivity index (χ0v) is 13.0. The van der Waals surface area contributed by atoms with E-state index in [4.69, 9.17) is 0 Å². The summed E-state index contributed by atoms with van der Waals surface area (Å²) in [5.74, 6) is 0.663. The second-order valence-electron chi connectivity index (χ2n) is 4.91. The molecule has 0 unspecified atom stereocenters. The van der Waals surface area contributed by atoms with Crippen LogP contribution in [0.15, 0.2) is 48.6 Å². The van der Waals surface area contributed by atoms with Crippen LogP contribution in [-0.4, -0.2) is 11.4 Å². The first kappa shape index (κ1) is 14.1. The molecule has 1 aliphatic carbocycles. The number of halogens is 1. The quantitative estimate of drug-likeness (QED) is 0.646. The van der Waals surface area contributed by atoms with E-state index in [-0.39, 0.29) is 0 Å². The average Bonchev–Trinajstić information content (AvgIpc) is 3.22. The van der Waals surface area contributed by atoms with Crippen LogP contribution in [0.5, 0.6) is 0 Å². The van der Waals surface area contributed by atoms with Crippen LogP contribution >= 0.6 is 15.9 Å². The van der Waals surface area contributed by atoms with Gasteiger partial charge in [0, 0.05) is 17.8 Å². The molecule has 100 valence electrons. The Hall–Kier alpha value is -1.28. The maximum absolute atomic E-state index is 4.27. The smallest absolute Gasteiger partial charge is 0.0777 e. The highest BCUT2D eigenvalue weighted by Gasteiger charge is 2.27. The zero-order chi connectivity index (χ0) is 14.0. The van der Waals surface area contributed by atoms with Crippen LogP contribution in [0.1, 0.15) is 30.9 Å². The molecule has 0 bridgehead atoms. The summed E-state index contributed by atoms with van der Waals surface area (Å²) in [5.41, 5.74) is 4.60. The van der Waals surface area contributed by atoms with Gasteiger partial charge in [0.25, 0.3) is 0 Å². The largest absolute Gasteiger partial charge is 0.337 e. The van der Waals surface area contributed by atoms with E-state index < -0.39 is 0 Å². The number of nitrogens with zero attached hydrogens (tertiary/aromatic N) is 1. The predicted molar refractivity (Wildman–Crippen MR) is 87.7 cm³/mol. The first-order chi connectivity index (χ1) is 9.06. The first-order valence-electron chi connectivity index (χ1n) is 6.65. The molecule has 1 fully saturated rings. The highest BCUT2D eigenvalue weighted by atomic mass is 79.9. The van der Waals surface area contributed by atoms with Crippen molar-refractivity contribution in [3.63, 3.8) is 0 Å². The maximum Gasteiger partial charge on any atom is 0.0777 e. The van der Waals surface area contributed by atoms with Crippen LogP contribution in [0.4, 0.5) is 0 Å². The topological polar surface area (TPSA) is 3.24 Å². The van der Waals surface area contributed by atoms with Gasteiger partial charge in [-0.1, -0.05) is 44.0 Å². The SMILES string of the molecule is C=C(c1ccccc1C(=C)N(CC)C(=C)Br)C1CC1. The predicted octanol–water partition coefficient (Wildman–Crippen LogP) is 5.27. The third-order valence-corrected chi connectivity index (χ3v) is 4.02. The molecule has 0 N–H and O–H groups in total. The molecule has 0 amide bonds. The van der Waals surface area contributed by atoms with Gasteiger partial charge in [0.2, 0.25) is 0 Å². The molecule has 0 aliphatic heterocycles. The number of benzene rings is 1. The Bertz CT molecular complexity index is 526. The molecule has 0 aromatic heterocycles. The van der Waals surface area contributed by atoms with Gasteiger partial charge in [-0.3, -0.25) is 0 Å². The van der Waals surface area contributed by atoms with Crippen LogP contribution in [0.3, 0.4) is 0 Å². The molecular weight excluding hydrogens is 298 g/mol. The highest BCUT2D eigenvalue weighted by Crippen LogP contribution is 2.43. The molecule has 1 aromatic rings. The Balaban J connectivity index is 2.36. The third-order valence-electron chi connectivity index (χ3n) is 3.59. The number of hydrogen-bond donors (Lipinski definition) is 0. The molecule has 0 spiro atoms. The van der Waals surface area contributed by atoms with E-state index in [0.717, 1.165) is 22.4 Å². The molecule has 0 atom stereocenters. The summed E-state index contributed by atoms with van der Waals surface area (Å²) in [5, 5.41) is 0. The number of rotatable bonds is 6. The Kier molecular flexibility index (Phi) is 4.31. The maximum atomic E-state index is 4.27. The third kappa shape index (κ3) is 3.01. The minimum absolute atomic E-state index is 0.663. The van der Waals surface area contributed by atoms with Crippen molar-refractivity contribution < 1.29 is 0 Å². The van der Waals surface area contributed by atoms with E-state index in [1.165, 1.54) is 24.0 Å². The Labute approximate surface area is 124 Å². The summed E-state index contributed by atoms with van der Waals surface area (Å²) in [7, 11) is 0. The Morgan fingerprint density at radius 3 is 2.26 bits per heavy atom. The molecular formula is C17H20BrN. The fourth-order valence-electron chi connectivity index (χ4n) is 2.32. The van der Waals surface area contributed by atoms with Crippen LogP contribution in [0.25, 0.3) is 11.3 Å². The van der Waals surface area contributed by atoms with Gasteiger partial charge in [0.15, 0.2) is 0 Å². The van der Waals surface area contributed by atoms with Gasteiger partial charge < -0.3 is 4.90 Å². The normalized spacial score (nSPS) is 14.0. The van der Waals surface area contributed by atoms with Gasteiger partial charge in [-0.15, -0.1) is 0 Å². The zero-order valence-electron chi connectivity index (χ0n) is 11.5. The summed E-state index contributed by atoms with van der Waals surface area (Å²) in [6.45, 7) is 15.4. The standard InChI is InChI=1S/C17H20BrN/c1-5-19(14(4)18)13(3)17-9-7-6-8-16(17)12(2)15-10-11-15/h6-9,15H,2-5,10-11H2,1H3. The van der Waals surface area contributed by atoms with Crippen molar-refractivity contribution >= 4 is 27.2 Å². The monoisotopic (exact) mass is 317 g/mol. The molecule has 2 heteroatoms. The van der Waals surface area contributed by atoms with Crippen LogP contribution in [0, 0.1) is 5.92 Å². The van der Waals surface area contributed by atoms with Crippen molar-refractivity contribution in [1.82, 2.24) is 4.90 Å². The van der Waals surface area contributed by atoms with E-state index in [9.17, 15) is 0 Å². The van der Waals surface area contributed by atoms with Gasteiger partial charge in [-0.2, -0.15) is 0 Å². The molecule has 19 heavy (non-hydrogen) atoms. The Morgan fingerprint density at radius 2 is 1.79 bits per heavy atom. The van der Waals surface area contributed by atoms with E-state index >= 15 is 0 Å². The molecule has 0 heterocycles. The van der Waals surface area contributed by atoms with Gasteiger partial charge >= 0.3 is 0 Å². The summed E-state index contributed by atoms with van der Waals surface area (Å²) in [6.07, 6.45) is 2.53. The lowest BCUT2D eigenvalue weighted by molar-refractivity contribution is 0.556. The average molecular weight is 318 g/mol. The van der Waals surface area contributed by atoms with Crippen molar-refractivity contribution in [3.05, 3.63) is 59.7 Å². The molecule has 1 nitrogen and oxygen atoms in total. The van der Waals surface area contributed by atoms with Crippen molar-refractivity contribution in [2.45, 2.75) is 19.8 Å². The van der Waals surface area contributed by atoms with Crippen molar-refractivity contribution in [1.29, 1.82) is 0 Å². The lowest BCUT2D eigenvalue weighted by Gasteiger charge is -2.26.